The van der Waals surface area contributed by atoms with E-state index < -0.39 is 29.5 Å². The van der Waals surface area contributed by atoms with Gasteiger partial charge in [-0.05, 0) is 38.4 Å². The molecule has 45 heavy (non-hydrogen) atoms. The van der Waals surface area contributed by atoms with Gasteiger partial charge in [0.05, 0.1) is 30.5 Å². The number of cyclic esters (lactones) is 1. The van der Waals surface area contributed by atoms with Gasteiger partial charge in [0.1, 0.15) is 24.4 Å². The first-order valence-corrected chi connectivity index (χ1v) is 15.6. The Hall–Kier alpha value is -1.97. The van der Waals surface area contributed by atoms with E-state index >= 15 is 0 Å². The number of nitrogens with zero attached hydrogens (tertiary/aromatic N) is 3. The topological polar surface area (TPSA) is 130 Å². The van der Waals surface area contributed by atoms with Gasteiger partial charge in [-0.15, -0.1) is 11.8 Å². The number of benzene rings is 2. The number of piperazine rings is 1. The Morgan fingerprint density at radius 1 is 1.16 bits per heavy atom. The second-order valence-corrected chi connectivity index (χ2v) is 13.1. The SMILES string of the molecule is [Ac].[C-]#[N+][C@H]1[C@@H]2Cc3cc(C)c(OC)c(OCOC)c3[C@@H](C3[C@@H]4SC[C@H](N)C(=O)OC[C@H](c5c6c(c(C)c(O)c54)OCO6)N31)N2C. The molecule has 1 radical (unpaired) electrons. The Labute approximate surface area is 302 Å². The van der Waals surface area contributed by atoms with Gasteiger partial charge in [0.2, 0.25) is 6.79 Å². The number of likely N-dealkylation sites (N-methyl/N-ethyl adjacent to an activating group) is 1. The smallest absolute Gasteiger partial charge is 0.323 e. The number of phenolic OH excluding ortho intramolecular Hbond substituents is 1. The van der Waals surface area contributed by atoms with Crippen molar-refractivity contribution in [2.45, 2.75) is 61.9 Å². The Balaban J connectivity index is 0.00000357. The van der Waals surface area contributed by atoms with Gasteiger partial charge in [-0.25, -0.2) is 11.5 Å². The van der Waals surface area contributed by atoms with E-state index in [-0.39, 0.29) is 93.9 Å². The Morgan fingerprint density at radius 2 is 1.91 bits per heavy atom. The van der Waals surface area contributed by atoms with E-state index in [2.05, 4.69) is 27.8 Å². The van der Waals surface area contributed by atoms with Crippen molar-refractivity contribution in [3.05, 3.63) is 50.9 Å². The van der Waals surface area contributed by atoms with Crippen molar-refractivity contribution in [2.75, 3.05) is 47.2 Å². The van der Waals surface area contributed by atoms with Crippen LogP contribution in [0.1, 0.15) is 50.7 Å². The summed E-state index contributed by atoms with van der Waals surface area (Å²) >= 11 is 1.49. The van der Waals surface area contributed by atoms with Crippen LogP contribution in [-0.4, -0.2) is 92.4 Å². The molecule has 2 fully saturated rings. The number of fused-ring (bicyclic) bond motifs is 9. The van der Waals surface area contributed by atoms with E-state index in [1.807, 2.05) is 13.8 Å². The molecule has 4 bridgehead atoms. The number of phenols is 1. The quantitative estimate of drug-likeness (QED) is 0.267. The van der Waals surface area contributed by atoms with Crippen LogP contribution in [0.5, 0.6) is 28.7 Å². The number of aromatic hydroxyl groups is 1. The van der Waals surface area contributed by atoms with Crippen molar-refractivity contribution < 1.29 is 82.4 Å². The summed E-state index contributed by atoms with van der Waals surface area (Å²) in [6.07, 6.45) is 0.0146. The molecule has 1 unspecified atom stereocenters. The summed E-state index contributed by atoms with van der Waals surface area (Å²) in [7, 11) is 5.25. The molecule has 0 saturated carbocycles. The Bertz CT molecular complexity index is 1590. The zero-order valence-corrected chi connectivity index (χ0v) is 31.4. The summed E-state index contributed by atoms with van der Waals surface area (Å²) in [6.45, 7) is 12.3. The van der Waals surface area contributed by atoms with Crippen LogP contribution in [0, 0.1) is 64.5 Å². The minimum absolute atomic E-state index is 0. The van der Waals surface area contributed by atoms with Gasteiger partial charge in [0, 0.05) is 79.2 Å². The van der Waals surface area contributed by atoms with Crippen LogP contribution < -0.4 is 24.7 Å². The molecule has 12 nitrogen and oxygen atoms in total. The first-order chi connectivity index (χ1) is 21.2. The number of hydrogen-bond acceptors (Lipinski definition) is 12. The predicted molar refractivity (Wildman–Crippen MR) is 160 cm³/mol. The molecule has 2 aromatic carbocycles. The number of esters is 1. The average molecular weight is 852 g/mol. The molecule has 237 valence electrons. The second kappa shape index (κ2) is 12.6. The number of carbonyl (C=O) groups is 1. The van der Waals surface area contributed by atoms with Crippen molar-refractivity contribution in [3.8, 4) is 28.7 Å². The maximum atomic E-state index is 12.9. The zero-order chi connectivity index (χ0) is 31.0. The van der Waals surface area contributed by atoms with Crippen molar-refractivity contribution >= 4 is 17.7 Å². The van der Waals surface area contributed by atoms with E-state index in [4.69, 9.17) is 40.7 Å². The van der Waals surface area contributed by atoms with E-state index in [9.17, 15) is 9.90 Å². The first-order valence-electron chi connectivity index (χ1n) is 14.6. The van der Waals surface area contributed by atoms with Crippen LogP contribution in [-0.2, 0) is 20.7 Å². The van der Waals surface area contributed by atoms with Crippen molar-refractivity contribution in [3.63, 3.8) is 0 Å². The summed E-state index contributed by atoms with van der Waals surface area (Å²) < 4.78 is 35.2. The zero-order valence-electron chi connectivity index (χ0n) is 25.9. The maximum absolute atomic E-state index is 12.9. The summed E-state index contributed by atoms with van der Waals surface area (Å²) in [5, 5.41) is 11.5. The normalized spacial score (nSPS) is 29.8. The third-order valence-corrected chi connectivity index (χ3v) is 11.2. The number of aryl methyl sites for hydroxylation is 1. The number of rotatable bonds is 4. The molecule has 14 heteroatoms. The summed E-state index contributed by atoms with van der Waals surface area (Å²) in [5.41, 5.74) is 11.3. The minimum atomic E-state index is -0.846. The standard InChI is InChI=1S/C31H36N4O8S.Ac/c1-13-7-15-8-17-30(33-3)35-18-9-40-31(37)16(32)10-44-29(21-20(18)28-26(42-12-43-28)14(2)24(21)36)23(35)22(34(17)4)19(15)27(25(13)39-6)41-11-38-5;/h7,16-18,22-23,29-30,36H,8-12,32H2,1-2,4-6H3;/t16-,17-,18+,22-,23?,29+,30+;/m0./s1. The van der Waals surface area contributed by atoms with Crippen LogP contribution in [0.25, 0.3) is 4.85 Å². The summed E-state index contributed by atoms with van der Waals surface area (Å²) in [6, 6.07) is -0.130. The first kappa shape index (κ1) is 33.0. The van der Waals surface area contributed by atoms with Crippen LogP contribution >= 0.6 is 11.8 Å². The minimum Gasteiger partial charge on any atom is -0.507 e. The van der Waals surface area contributed by atoms with Crippen molar-refractivity contribution in [1.82, 2.24) is 9.80 Å². The molecule has 7 atom stereocenters. The summed E-state index contributed by atoms with van der Waals surface area (Å²) in [4.78, 5) is 21.7. The fourth-order valence-corrected chi connectivity index (χ4v) is 9.36. The number of hydrogen-bond donors (Lipinski definition) is 2. The monoisotopic (exact) mass is 851 g/mol. The summed E-state index contributed by atoms with van der Waals surface area (Å²) in [5.74, 6) is 2.11. The van der Waals surface area contributed by atoms with E-state index in [0.717, 1.165) is 16.7 Å². The molecule has 0 spiro atoms. The van der Waals surface area contributed by atoms with Gasteiger partial charge < -0.3 is 39.3 Å². The van der Waals surface area contributed by atoms with Gasteiger partial charge in [-0.3, -0.25) is 14.5 Å². The molecule has 0 aliphatic carbocycles. The fourth-order valence-electron chi connectivity index (χ4n) is 7.92. The molecular weight excluding hydrogens is 815 g/mol. The Kier molecular flexibility index (Phi) is 9.20. The number of methoxy groups -OCH3 is 2. The second-order valence-electron chi connectivity index (χ2n) is 11.9. The van der Waals surface area contributed by atoms with Crippen LogP contribution in [0.2, 0.25) is 0 Å². The molecule has 2 aromatic rings. The molecule has 0 amide bonds. The third kappa shape index (κ3) is 4.83. The Morgan fingerprint density at radius 3 is 2.62 bits per heavy atom. The molecular formula is C31H36AcN4O8S. The maximum Gasteiger partial charge on any atom is 0.323 e. The van der Waals surface area contributed by atoms with Gasteiger partial charge in [0.25, 0.3) is 6.17 Å². The molecule has 0 aromatic heterocycles. The molecule has 7 rings (SSSR count). The molecule has 2 saturated heterocycles. The number of carbonyl (C=O) groups excluding carboxylic acids is 1. The number of thioether (sulfide) groups is 1. The van der Waals surface area contributed by atoms with Crippen molar-refractivity contribution in [2.24, 2.45) is 5.73 Å². The molecule has 5 aliphatic rings. The van der Waals surface area contributed by atoms with E-state index in [1.54, 1.807) is 14.2 Å². The van der Waals surface area contributed by atoms with Crippen molar-refractivity contribution in [1.29, 1.82) is 0 Å². The predicted octanol–water partition coefficient (Wildman–Crippen LogP) is 2.97. The van der Waals surface area contributed by atoms with Crippen LogP contribution in [0.3, 0.4) is 0 Å². The fraction of sp³-hybridized carbons (Fsp3) is 0.548. The molecule has 5 aliphatic heterocycles. The number of ether oxygens (including phenoxy) is 6. The largest absolute Gasteiger partial charge is 0.507 e. The van der Waals surface area contributed by atoms with Gasteiger partial charge in [-0.2, -0.15) is 0 Å². The van der Waals surface area contributed by atoms with Gasteiger partial charge in [-0.1, -0.05) is 6.07 Å². The van der Waals surface area contributed by atoms with Gasteiger partial charge in [0.15, 0.2) is 29.8 Å². The molecule has 5 heterocycles. The third-order valence-electron chi connectivity index (χ3n) is 9.74. The van der Waals surface area contributed by atoms with E-state index in [1.165, 1.54) is 11.8 Å². The van der Waals surface area contributed by atoms with E-state index in [0.29, 0.717) is 46.1 Å². The van der Waals surface area contributed by atoms with Crippen LogP contribution in [0.15, 0.2) is 6.07 Å². The number of nitrogens with two attached hydrogens (primary N) is 1. The molecule has 3 N–H and O–H groups in total. The van der Waals surface area contributed by atoms with Gasteiger partial charge >= 0.3 is 5.97 Å². The average Bonchev–Trinajstić information content (AvgIpc) is 3.50. The van der Waals surface area contributed by atoms with Crippen LogP contribution in [0.4, 0.5) is 0 Å².